The monoisotopic (exact) mass is 320 g/mol. The van der Waals surface area contributed by atoms with Gasteiger partial charge in [-0.25, -0.2) is 0 Å². The highest BCUT2D eigenvalue weighted by molar-refractivity contribution is 14.2. The highest BCUT2D eigenvalue weighted by atomic mass is 127. The highest BCUT2D eigenvalue weighted by Crippen LogP contribution is 2.16. The Kier molecular flexibility index (Phi) is 6.98. The Morgan fingerprint density at radius 1 is 1.40 bits per heavy atom. The van der Waals surface area contributed by atoms with E-state index < -0.39 is 0 Å². The number of hydrogen-bond acceptors (Lipinski definition) is 1. The van der Waals surface area contributed by atoms with E-state index in [1.807, 2.05) is 0 Å². The molecule has 0 fully saturated rings. The molecule has 0 N–H and O–H groups in total. The van der Waals surface area contributed by atoms with Gasteiger partial charge in [0.1, 0.15) is 5.76 Å². The van der Waals surface area contributed by atoms with Gasteiger partial charge >= 0.3 is 0 Å². The number of unbranched alkanes of at least 4 members (excludes halogenated alkanes) is 1. The molecular weight excluding hydrogens is 299 g/mol. The average Bonchev–Trinajstić information content (AvgIpc) is 2.31. The average molecular weight is 320 g/mol. The molecule has 2 heteroatoms. The maximum atomic E-state index is 5.79. The van der Waals surface area contributed by atoms with Gasteiger partial charge in [0.05, 0.1) is 6.61 Å². The Morgan fingerprint density at radius 2 is 2.27 bits per heavy atom. The molecule has 0 bridgehead atoms. The largest absolute Gasteiger partial charge is 0.493 e. The second kappa shape index (κ2) is 8.08. The first-order chi connectivity index (χ1) is 7.36. The molecule has 1 nitrogen and oxygen atoms in total. The number of ether oxygens (including phenoxy) is 1. The SMILES string of the molecule is CCCCC(CC)COC1=CC=IC=C1. The van der Waals surface area contributed by atoms with Crippen LogP contribution in [0.2, 0.25) is 0 Å². The van der Waals surface area contributed by atoms with Crippen LogP contribution in [0.1, 0.15) is 39.5 Å². The molecule has 0 aromatic carbocycles. The zero-order valence-electron chi connectivity index (χ0n) is 9.71. The molecular formula is C13H21IO. The smallest absolute Gasteiger partial charge is 0.120 e. The van der Waals surface area contributed by atoms with Crippen molar-refractivity contribution in [1.29, 1.82) is 0 Å². The van der Waals surface area contributed by atoms with Crippen LogP contribution >= 0.6 is 20.7 Å². The van der Waals surface area contributed by atoms with E-state index in [0.717, 1.165) is 18.3 Å². The summed E-state index contributed by atoms with van der Waals surface area (Å²) in [5, 5.41) is 0. The molecule has 0 aliphatic carbocycles. The highest BCUT2D eigenvalue weighted by Gasteiger charge is 2.07. The summed E-state index contributed by atoms with van der Waals surface area (Å²) < 4.78 is 10.3. The van der Waals surface area contributed by atoms with E-state index in [1.165, 1.54) is 25.7 Å². The van der Waals surface area contributed by atoms with Crippen LogP contribution < -0.4 is 0 Å². The molecule has 0 saturated heterocycles. The molecule has 1 atom stereocenters. The van der Waals surface area contributed by atoms with Crippen molar-refractivity contribution in [1.82, 2.24) is 0 Å². The van der Waals surface area contributed by atoms with Gasteiger partial charge in [-0.2, -0.15) is 0 Å². The summed E-state index contributed by atoms with van der Waals surface area (Å²) in [7, 11) is 0. The minimum Gasteiger partial charge on any atom is -0.493 e. The molecule has 0 aromatic rings. The van der Waals surface area contributed by atoms with E-state index in [4.69, 9.17) is 4.74 Å². The Labute approximate surface area is 103 Å². The molecule has 1 heterocycles. The minimum absolute atomic E-state index is 0.185. The summed E-state index contributed by atoms with van der Waals surface area (Å²) in [6, 6.07) is 0. The zero-order valence-corrected chi connectivity index (χ0v) is 11.9. The molecule has 1 unspecified atom stereocenters. The fourth-order valence-electron chi connectivity index (χ4n) is 1.50. The third-order valence-electron chi connectivity index (χ3n) is 2.63. The van der Waals surface area contributed by atoms with Gasteiger partial charge in [0.25, 0.3) is 0 Å². The van der Waals surface area contributed by atoms with Crippen molar-refractivity contribution < 1.29 is 4.74 Å². The standard InChI is InChI=1S/C13H21IO/c1-3-5-6-12(4-2)11-15-13-7-9-14-10-8-13/h7-10,12H,3-6,11H2,1-2H3. The normalized spacial score (nSPS) is 16.8. The maximum absolute atomic E-state index is 5.79. The van der Waals surface area contributed by atoms with Crippen LogP contribution in [0.5, 0.6) is 0 Å². The summed E-state index contributed by atoms with van der Waals surface area (Å²) in [6.07, 6.45) is 9.40. The minimum atomic E-state index is 0.185. The predicted octanol–water partition coefficient (Wildman–Crippen LogP) is 4.40. The van der Waals surface area contributed by atoms with E-state index in [-0.39, 0.29) is 20.7 Å². The molecule has 1 aliphatic rings. The first-order valence-electron chi connectivity index (χ1n) is 5.81. The summed E-state index contributed by atoms with van der Waals surface area (Å²) in [4.78, 5) is 0. The van der Waals surface area contributed by atoms with Crippen molar-refractivity contribution in [2.75, 3.05) is 6.61 Å². The first kappa shape index (κ1) is 12.9. The second-order valence-electron chi connectivity index (χ2n) is 3.84. The summed E-state index contributed by atoms with van der Waals surface area (Å²) >= 11 is 0.185. The van der Waals surface area contributed by atoms with E-state index >= 15 is 0 Å². The Balaban J connectivity index is 2.24. The van der Waals surface area contributed by atoms with Gasteiger partial charge in [-0.05, 0) is 32.6 Å². The van der Waals surface area contributed by atoms with Crippen LogP contribution in [0.25, 0.3) is 0 Å². The van der Waals surface area contributed by atoms with Gasteiger partial charge in [0.2, 0.25) is 0 Å². The van der Waals surface area contributed by atoms with Gasteiger partial charge in [0.15, 0.2) is 0 Å². The van der Waals surface area contributed by atoms with Crippen LogP contribution in [0.4, 0.5) is 0 Å². The summed E-state index contributed by atoms with van der Waals surface area (Å²) in [6.45, 7) is 5.39. The zero-order chi connectivity index (χ0) is 10.9. The molecule has 1 aliphatic heterocycles. The van der Waals surface area contributed by atoms with Crippen LogP contribution in [0, 0.1) is 5.92 Å². The van der Waals surface area contributed by atoms with E-state index in [2.05, 4.69) is 34.1 Å². The van der Waals surface area contributed by atoms with E-state index in [1.54, 1.807) is 0 Å². The van der Waals surface area contributed by atoms with Crippen molar-refractivity contribution in [3.8, 4) is 0 Å². The third kappa shape index (κ3) is 5.50. The van der Waals surface area contributed by atoms with Crippen LogP contribution in [-0.4, -0.2) is 10.6 Å². The molecule has 0 saturated carbocycles. The van der Waals surface area contributed by atoms with Crippen LogP contribution in [0.15, 0.2) is 22.0 Å². The number of halogens is 1. The quantitative estimate of drug-likeness (QED) is 0.632. The van der Waals surface area contributed by atoms with Gasteiger partial charge in [0, 0.05) is 0 Å². The maximum Gasteiger partial charge on any atom is 0.120 e. The van der Waals surface area contributed by atoms with Gasteiger partial charge in [-0.1, -0.05) is 53.8 Å². The van der Waals surface area contributed by atoms with Gasteiger partial charge < -0.3 is 4.74 Å². The number of allylic oxidation sites excluding steroid dienone is 2. The molecule has 0 spiro atoms. The second-order valence-corrected chi connectivity index (χ2v) is 6.00. The van der Waals surface area contributed by atoms with Crippen LogP contribution in [-0.2, 0) is 4.74 Å². The fraction of sp³-hybridized carbons (Fsp3) is 0.615. The van der Waals surface area contributed by atoms with Crippen molar-refractivity contribution in [3.63, 3.8) is 0 Å². The topological polar surface area (TPSA) is 9.23 Å². The number of rotatable bonds is 7. The third-order valence-corrected chi connectivity index (χ3v) is 4.18. The van der Waals surface area contributed by atoms with E-state index in [0.29, 0.717) is 0 Å². The Hall–Kier alpha value is -0.120. The first-order valence-corrected chi connectivity index (χ1v) is 8.30. The Morgan fingerprint density at radius 3 is 2.87 bits per heavy atom. The lowest BCUT2D eigenvalue weighted by atomic mass is 10.0. The number of hydrogen-bond donors (Lipinski definition) is 0. The summed E-state index contributed by atoms with van der Waals surface area (Å²) in [5.41, 5.74) is 0. The van der Waals surface area contributed by atoms with Gasteiger partial charge in [-0.15, -0.1) is 0 Å². The summed E-state index contributed by atoms with van der Waals surface area (Å²) in [5.74, 6) is 1.78. The van der Waals surface area contributed by atoms with Crippen molar-refractivity contribution in [3.05, 3.63) is 22.0 Å². The van der Waals surface area contributed by atoms with Gasteiger partial charge in [-0.3, -0.25) is 0 Å². The lowest BCUT2D eigenvalue weighted by Crippen LogP contribution is -2.08. The molecule has 15 heavy (non-hydrogen) atoms. The molecule has 0 aromatic heterocycles. The molecule has 86 valence electrons. The molecule has 0 radical (unpaired) electrons. The fourth-order valence-corrected chi connectivity index (χ4v) is 2.87. The van der Waals surface area contributed by atoms with Crippen LogP contribution in [0.3, 0.4) is 0 Å². The lowest BCUT2D eigenvalue weighted by molar-refractivity contribution is 0.165. The van der Waals surface area contributed by atoms with E-state index in [9.17, 15) is 0 Å². The van der Waals surface area contributed by atoms with Crippen molar-refractivity contribution in [2.45, 2.75) is 39.5 Å². The predicted molar refractivity (Wildman–Crippen MR) is 76.6 cm³/mol. The van der Waals surface area contributed by atoms with Crippen molar-refractivity contribution in [2.24, 2.45) is 5.92 Å². The molecule has 1 rings (SSSR count). The Bertz CT molecular complexity index is 253. The molecule has 0 amide bonds. The lowest BCUT2D eigenvalue weighted by Gasteiger charge is -2.16. The van der Waals surface area contributed by atoms with Crippen molar-refractivity contribution >= 4 is 24.7 Å².